The van der Waals surface area contributed by atoms with E-state index in [0.717, 1.165) is 12.0 Å². The van der Waals surface area contributed by atoms with Gasteiger partial charge in [0.05, 0.1) is 0 Å². The minimum absolute atomic E-state index is 0.667. The number of rotatable bonds is 1. The standard InChI is InChI=1S/C8H9N/c1-2-7-3-5-8(9)6-4-7/h2-5,9H,1,6H2. The van der Waals surface area contributed by atoms with Crippen molar-refractivity contribution in [1.29, 1.82) is 5.41 Å². The van der Waals surface area contributed by atoms with Gasteiger partial charge in [0, 0.05) is 12.1 Å². The third kappa shape index (κ3) is 1.39. The Labute approximate surface area is 54.9 Å². The molecule has 0 amide bonds. The molecule has 0 bridgehead atoms. The molecule has 0 fully saturated rings. The summed E-state index contributed by atoms with van der Waals surface area (Å²) in [7, 11) is 0. The molecule has 0 saturated carbocycles. The van der Waals surface area contributed by atoms with E-state index in [1.54, 1.807) is 12.2 Å². The highest BCUT2D eigenvalue weighted by Crippen LogP contribution is 2.06. The third-order valence-electron chi connectivity index (χ3n) is 1.27. The molecule has 9 heavy (non-hydrogen) atoms. The molecule has 0 aliphatic heterocycles. The normalized spacial score (nSPS) is 17.3. The van der Waals surface area contributed by atoms with E-state index in [2.05, 4.69) is 6.58 Å². The van der Waals surface area contributed by atoms with E-state index in [-0.39, 0.29) is 0 Å². The fourth-order valence-corrected chi connectivity index (χ4v) is 0.712. The Hall–Kier alpha value is -1.11. The molecule has 0 radical (unpaired) electrons. The fraction of sp³-hybridized carbons (Fsp3) is 0.125. The van der Waals surface area contributed by atoms with Gasteiger partial charge in [0.1, 0.15) is 0 Å². The molecule has 0 aromatic rings. The van der Waals surface area contributed by atoms with Crippen molar-refractivity contribution in [3.05, 3.63) is 36.5 Å². The van der Waals surface area contributed by atoms with Crippen LogP contribution in [0.15, 0.2) is 36.5 Å². The zero-order valence-electron chi connectivity index (χ0n) is 5.22. The summed E-state index contributed by atoms with van der Waals surface area (Å²) < 4.78 is 0. The summed E-state index contributed by atoms with van der Waals surface area (Å²) >= 11 is 0. The van der Waals surface area contributed by atoms with Gasteiger partial charge in [-0.15, -0.1) is 0 Å². The third-order valence-corrected chi connectivity index (χ3v) is 1.27. The van der Waals surface area contributed by atoms with Crippen LogP contribution in [0.2, 0.25) is 0 Å². The summed E-state index contributed by atoms with van der Waals surface area (Å²) in [6.07, 6.45) is 8.24. The monoisotopic (exact) mass is 119 g/mol. The first-order valence-corrected chi connectivity index (χ1v) is 2.91. The van der Waals surface area contributed by atoms with Gasteiger partial charge in [-0.1, -0.05) is 24.8 Å². The average molecular weight is 119 g/mol. The van der Waals surface area contributed by atoms with Gasteiger partial charge in [0.15, 0.2) is 0 Å². The van der Waals surface area contributed by atoms with Gasteiger partial charge in [0.25, 0.3) is 0 Å². The Morgan fingerprint density at radius 1 is 1.56 bits per heavy atom. The Bertz CT molecular complexity index is 197. The SMILES string of the molecule is C=CC1=CCC(=N)C=C1. The van der Waals surface area contributed by atoms with Crippen LogP contribution in [-0.2, 0) is 0 Å². The topological polar surface area (TPSA) is 23.9 Å². The summed E-state index contributed by atoms with van der Waals surface area (Å²) in [6, 6.07) is 0. The second-order valence-electron chi connectivity index (χ2n) is 1.97. The molecular formula is C8H9N. The van der Waals surface area contributed by atoms with Crippen molar-refractivity contribution in [1.82, 2.24) is 0 Å². The van der Waals surface area contributed by atoms with Crippen molar-refractivity contribution < 1.29 is 0 Å². The Kier molecular flexibility index (Phi) is 1.63. The molecule has 0 aromatic carbocycles. The molecule has 1 rings (SSSR count). The van der Waals surface area contributed by atoms with E-state index in [4.69, 9.17) is 5.41 Å². The minimum atomic E-state index is 0.667. The first-order valence-electron chi connectivity index (χ1n) is 2.91. The smallest absolute Gasteiger partial charge is 0.0352 e. The van der Waals surface area contributed by atoms with Gasteiger partial charge < -0.3 is 5.41 Å². The second-order valence-corrected chi connectivity index (χ2v) is 1.97. The van der Waals surface area contributed by atoms with E-state index in [1.165, 1.54) is 0 Å². The van der Waals surface area contributed by atoms with Gasteiger partial charge in [0.2, 0.25) is 0 Å². The van der Waals surface area contributed by atoms with E-state index in [1.807, 2.05) is 12.2 Å². The van der Waals surface area contributed by atoms with E-state index in [9.17, 15) is 0 Å². The van der Waals surface area contributed by atoms with Crippen molar-refractivity contribution in [2.45, 2.75) is 6.42 Å². The lowest BCUT2D eigenvalue weighted by molar-refractivity contribution is 1.34. The second kappa shape index (κ2) is 2.44. The van der Waals surface area contributed by atoms with Crippen LogP contribution in [0.4, 0.5) is 0 Å². The lowest BCUT2D eigenvalue weighted by Gasteiger charge is -2.00. The van der Waals surface area contributed by atoms with Crippen LogP contribution in [0.1, 0.15) is 6.42 Å². The van der Waals surface area contributed by atoms with Crippen LogP contribution in [0.3, 0.4) is 0 Å². The molecule has 1 aliphatic carbocycles. The van der Waals surface area contributed by atoms with Gasteiger partial charge in [-0.25, -0.2) is 0 Å². The molecule has 1 N–H and O–H groups in total. The molecule has 0 atom stereocenters. The molecule has 0 heterocycles. The summed E-state index contributed by atoms with van der Waals surface area (Å²) in [5.74, 6) is 0. The minimum Gasteiger partial charge on any atom is -0.305 e. The predicted octanol–water partition coefficient (Wildman–Crippen LogP) is 2.08. The van der Waals surface area contributed by atoms with Crippen molar-refractivity contribution in [2.24, 2.45) is 0 Å². The van der Waals surface area contributed by atoms with Gasteiger partial charge in [-0.2, -0.15) is 0 Å². The molecule has 1 nitrogen and oxygen atoms in total. The molecule has 0 saturated heterocycles. The molecule has 0 unspecified atom stereocenters. The van der Waals surface area contributed by atoms with Crippen molar-refractivity contribution in [3.8, 4) is 0 Å². The van der Waals surface area contributed by atoms with Crippen LogP contribution in [-0.4, -0.2) is 5.71 Å². The largest absolute Gasteiger partial charge is 0.305 e. The quantitative estimate of drug-likeness (QED) is 0.546. The summed E-state index contributed by atoms with van der Waals surface area (Å²) in [5.41, 5.74) is 1.78. The highest BCUT2D eigenvalue weighted by atomic mass is 14.4. The molecule has 1 aliphatic rings. The van der Waals surface area contributed by atoms with Crippen LogP contribution >= 0.6 is 0 Å². The van der Waals surface area contributed by atoms with E-state index in [0.29, 0.717) is 5.71 Å². The maximum Gasteiger partial charge on any atom is 0.0352 e. The zero-order valence-corrected chi connectivity index (χ0v) is 5.22. The van der Waals surface area contributed by atoms with Gasteiger partial charge >= 0.3 is 0 Å². The van der Waals surface area contributed by atoms with Crippen molar-refractivity contribution in [3.63, 3.8) is 0 Å². The molecule has 0 aromatic heterocycles. The first-order chi connectivity index (χ1) is 4.33. The van der Waals surface area contributed by atoms with E-state index < -0.39 is 0 Å². The van der Waals surface area contributed by atoms with E-state index >= 15 is 0 Å². The van der Waals surface area contributed by atoms with Gasteiger partial charge in [-0.05, 0) is 11.6 Å². The zero-order chi connectivity index (χ0) is 6.69. The van der Waals surface area contributed by atoms with Crippen molar-refractivity contribution >= 4 is 5.71 Å². The summed E-state index contributed by atoms with van der Waals surface area (Å²) in [4.78, 5) is 0. The number of allylic oxidation sites excluding steroid dienone is 5. The Morgan fingerprint density at radius 3 is 2.78 bits per heavy atom. The highest BCUT2D eigenvalue weighted by Gasteiger charge is 1.95. The van der Waals surface area contributed by atoms with Crippen LogP contribution in [0, 0.1) is 5.41 Å². The lowest BCUT2D eigenvalue weighted by atomic mass is 10.1. The van der Waals surface area contributed by atoms with Crippen LogP contribution < -0.4 is 0 Å². The lowest BCUT2D eigenvalue weighted by Crippen LogP contribution is -1.93. The first kappa shape index (κ1) is 6.02. The maximum atomic E-state index is 7.19. The van der Waals surface area contributed by atoms with Crippen LogP contribution in [0.5, 0.6) is 0 Å². The number of hydrogen-bond acceptors (Lipinski definition) is 1. The van der Waals surface area contributed by atoms with Crippen LogP contribution in [0.25, 0.3) is 0 Å². The van der Waals surface area contributed by atoms with Gasteiger partial charge in [-0.3, -0.25) is 0 Å². The Morgan fingerprint density at radius 2 is 2.33 bits per heavy atom. The highest BCUT2D eigenvalue weighted by molar-refractivity contribution is 5.95. The summed E-state index contributed by atoms with van der Waals surface area (Å²) in [6.45, 7) is 3.62. The molecule has 1 heteroatoms. The number of hydrogen-bond donors (Lipinski definition) is 1. The molecular weight excluding hydrogens is 110 g/mol. The predicted molar refractivity (Wildman–Crippen MR) is 39.8 cm³/mol. The fourth-order valence-electron chi connectivity index (χ4n) is 0.712. The number of nitrogens with one attached hydrogen (secondary N) is 1. The maximum absolute atomic E-state index is 7.19. The average Bonchev–Trinajstić information content (AvgIpc) is 1.90. The summed E-state index contributed by atoms with van der Waals surface area (Å²) in [5, 5.41) is 7.19. The molecule has 0 spiro atoms. The Balaban J connectivity index is 2.73. The van der Waals surface area contributed by atoms with Crippen molar-refractivity contribution in [2.75, 3.05) is 0 Å². The molecule has 46 valence electrons.